The van der Waals surface area contributed by atoms with Crippen LogP contribution in [-0.2, 0) is 4.74 Å². The Hall–Kier alpha value is -3.55. The van der Waals surface area contributed by atoms with Crippen LogP contribution in [0.4, 0.5) is 0 Å². The lowest BCUT2D eigenvalue weighted by molar-refractivity contribution is -0.277. The second kappa shape index (κ2) is 9.00. The minimum absolute atomic E-state index is 0.0519. The topological polar surface area (TPSA) is 200 Å². The summed E-state index contributed by atoms with van der Waals surface area (Å²) in [4.78, 5) is 12.8. The SMILES string of the molecule is COc1c(O[C@H]2O[C@@H](CO)[C@H](O)[C@H](O)[C@@H]2O)cc2oc(-c3ccc(O)cc3)c(O)c(=O)c2c1O. The number of phenols is 2. The van der Waals surface area contributed by atoms with Crippen LogP contribution in [0.2, 0.25) is 0 Å². The van der Waals surface area contributed by atoms with Crippen molar-refractivity contribution in [3.05, 3.63) is 40.6 Å². The van der Waals surface area contributed by atoms with E-state index in [-0.39, 0.29) is 34.2 Å². The standard InChI is InChI=1S/C22H22O12/c1-31-21-11(33-22-19(30)17(28)14(25)12(7-23)34-22)6-10-13(16(21)27)15(26)18(29)20(32-10)8-2-4-9(24)5-3-8/h2-6,12,14,17,19,22-25,27-30H,7H2,1H3/t12-,14-,17-,19-,22-/m0/s1. The molecular weight excluding hydrogens is 456 g/mol. The summed E-state index contributed by atoms with van der Waals surface area (Å²) >= 11 is 0. The van der Waals surface area contributed by atoms with E-state index in [4.69, 9.17) is 18.6 Å². The van der Waals surface area contributed by atoms with Gasteiger partial charge in [-0.05, 0) is 24.3 Å². The van der Waals surface area contributed by atoms with Crippen LogP contribution in [0.5, 0.6) is 28.7 Å². The fraction of sp³-hybridized carbons (Fsp3) is 0.318. The largest absolute Gasteiger partial charge is 0.508 e. The molecular formula is C22H22O12. The first kappa shape index (κ1) is 23.6. The smallest absolute Gasteiger partial charge is 0.238 e. The van der Waals surface area contributed by atoms with Crippen LogP contribution in [0.3, 0.4) is 0 Å². The number of fused-ring (bicyclic) bond motifs is 1. The molecule has 12 heteroatoms. The normalized spacial score (nSPS) is 24.8. The quantitative estimate of drug-likeness (QED) is 0.254. The van der Waals surface area contributed by atoms with E-state index in [1.165, 1.54) is 24.3 Å². The molecule has 1 aromatic heterocycles. The van der Waals surface area contributed by atoms with E-state index >= 15 is 0 Å². The molecule has 0 saturated carbocycles. The highest BCUT2D eigenvalue weighted by molar-refractivity contribution is 5.91. The summed E-state index contributed by atoms with van der Waals surface area (Å²) < 4.78 is 21.6. The van der Waals surface area contributed by atoms with Gasteiger partial charge in [0, 0.05) is 11.6 Å². The molecule has 1 fully saturated rings. The van der Waals surface area contributed by atoms with Gasteiger partial charge in [0.25, 0.3) is 0 Å². The zero-order valence-electron chi connectivity index (χ0n) is 17.7. The molecule has 0 bridgehead atoms. The van der Waals surface area contributed by atoms with Crippen molar-refractivity contribution in [1.82, 2.24) is 0 Å². The molecule has 2 heterocycles. The van der Waals surface area contributed by atoms with E-state index in [0.29, 0.717) is 0 Å². The van der Waals surface area contributed by atoms with Gasteiger partial charge in [-0.25, -0.2) is 0 Å². The first-order chi connectivity index (χ1) is 16.2. The number of aliphatic hydroxyl groups excluding tert-OH is 4. The Bertz CT molecular complexity index is 1250. The lowest BCUT2D eigenvalue weighted by Crippen LogP contribution is -2.60. The highest BCUT2D eigenvalue weighted by atomic mass is 16.7. The molecule has 0 aliphatic carbocycles. The predicted molar refractivity (Wildman–Crippen MR) is 114 cm³/mol. The molecule has 2 aromatic carbocycles. The van der Waals surface area contributed by atoms with Crippen molar-refractivity contribution in [1.29, 1.82) is 0 Å². The molecule has 0 radical (unpaired) electrons. The van der Waals surface area contributed by atoms with Crippen LogP contribution in [0.15, 0.2) is 39.5 Å². The van der Waals surface area contributed by atoms with Gasteiger partial charge in [0.05, 0.1) is 13.7 Å². The average Bonchev–Trinajstić information content (AvgIpc) is 2.82. The molecule has 1 aliphatic rings. The fourth-order valence-electron chi connectivity index (χ4n) is 3.67. The number of hydrogen-bond acceptors (Lipinski definition) is 12. The lowest BCUT2D eigenvalue weighted by atomic mass is 9.99. The van der Waals surface area contributed by atoms with Crippen LogP contribution in [-0.4, -0.2) is 80.2 Å². The number of hydrogen-bond donors (Lipinski definition) is 7. The molecule has 0 spiro atoms. The molecule has 0 unspecified atom stereocenters. The third-order valence-electron chi connectivity index (χ3n) is 5.48. The third kappa shape index (κ3) is 3.87. The highest BCUT2D eigenvalue weighted by Crippen LogP contribution is 2.44. The van der Waals surface area contributed by atoms with Crippen LogP contribution in [0.25, 0.3) is 22.3 Å². The summed E-state index contributed by atoms with van der Waals surface area (Å²) in [6, 6.07) is 6.57. The summed E-state index contributed by atoms with van der Waals surface area (Å²) in [5.41, 5.74) is -0.954. The van der Waals surface area contributed by atoms with Crippen molar-refractivity contribution in [3.8, 4) is 40.1 Å². The number of aliphatic hydroxyl groups is 4. The third-order valence-corrected chi connectivity index (χ3v) is 5.48. The van der Waals surface area contributed by atoms with Gasteiger partial charge in [0.2, 0.25) is 23.2 Å². The zero-order valence-corrected chi connectivity index (χ0v) is 17.7. The van der Waals surface area contributed by atoms with Crippen molar-refractivity contribution >= 4 is 11.0 Å². The maximum atomic E-state index is 12.8. The van der Waals surface area contributed by atoms with Gasteiger partial charge in [0.15, 0.2) is 17.3 Å². The first-order valence-corrected chi connectivity index (χ1v) is 10.0. The van der Waals surface area contributed by atoms with Crippen LogP contribution < -0.4 is 14.9 Å². The van der Waals surface area contributed by atoms with Gasteiger partial charge in [-0.15, -0.1) is 0 Å². The molecule has 1 aliphatic heterocycles. The number of aromatic hydroxyl groups is 3. The summed E-state index contributed by atoms with van der Waals surface area (Å²) in [6.45, 7) is -0.685. The Morgan fingerprint density at radius 2 is 1.65 bits per heavy atom. The van der Waals surface area contributed by atoms with E-state index in [0.717, 1.165) is 13.2 Å². The van der Waals surface area contributed by atoms with Crippen molar-refractivity contribution in [2.75, 3.05) is 13.7 Å². The number of rotatable bonds is 5. The maximum Gasteiger partial charge on any atom is 0.238 e. The molecule has 12 nitrogen and oxygen atoms in total. The van der Waals surface area contributed by atoms with E-state index in [9.17, 15) is 40.5 Å². The zero-order chi connectivity index (χ0) is 24.7. The van der Waals surface area contributed by atoms with Crippen molar-refractivity contribution in [3.63, 3.8) is 0 Å². The molecule has 3 aromatic rings. The molecule has 34 heavy (non-hydrogen) atoms. The summed E-state index contributed by atoms with van der Waals surface area (Å²) in [5, 5.41) is 69.7. The molecule has 0 amide bonds. The van der Waals surface area contributed by atoms with E-state index in [1.54, 1.807) is 0 Å². The van der Waals surface area contributed by atoms with Gasteiger partial charge in [0.1, 0.15) is 41.1 Å². The minimum atomic E-state index is -1.75. The monoisotopic (exact) mass is 478 g/mol. The summed E-state index contributed by atoms with van der Waals surface area (Å²) in [5.74, 6) is -2.47. The van der Waals surface area contributed by atoms with E-state index < -0.39 is 59.6 Å². The Kier molecular flexibility index (Phi) is 6.25. The minimum Gasteiger partial charge on any atom is -0.508 e. The van der Waals surface area contributed by atoms with Gasteiger partial charge in [-0.1, -0.05) is 0 Å². The van der Waals surface area contributed by atoms with Crippen molar-refractivity contribution < 1.29 is 54.4 Å². The van der Waals surface area contributed by atoms with Crippen LogP contribution >= 0.6 is 0 Å². The molecule has 4 rings (SSSR count). The fourth-order valence-corrected chi connectivity index (χ4v) is 3.67. The molecule has 182 valence electrons. The molecule has 5 atom stereocenters. The maximum absolute atomic E-state index is 12.8. The highest BCUT2D eigenvalue weighted by Gasteiger charge is 2.45. The predicted octanol–water partition coefficient (Wildman–Crippen LogP) is -0.236. The Morgan fingerprint density at radius 3 is 2.26 bits per heavy atom. The van der Waals surface area contributed by atoms with Gasteiger partial charge in [-0.2, -0.15) is 0 Å². The van der Waals surface area contributed by atoms with Gasteiger partial charge < -0.3 is 54.4 Å². The second-order valence-electron chi connectivity index (χ2n) is 7.60. The number of methoxy groups -OCH3 is 1. The Balaban J connectivity index is 1.83. The van der Waals surface area contributed by atoms with Gasteiger partial charge >= 0.3 is 0 Å². The van der Waals surface area contributed by atoms with Crippen molar-refractivity contribution in [2.45, 2.75) is 30.7 Å². The Labute approximate surface area is 191 Å². The second-order valence-corrected chi connectivity index (χ2v) is 7.60. The summed E-state index contributed by atoms with van der Waals surface area (Å²) in [7, 11) is 1.16. The lowest BCUT2D eigenvalue weighted by Gasteiger charge is -2.39. The average molecular weight is 478 g/mol. The van der Waals surface area contributed by atoms with Crippen molar-refractivity contribution in [2.24, 2.45) is 0 Å². The van der Waals surface area contributed by atoms with E-state index in [2.05, 4.69) is 0 Å². The number of phenolic OH excluding ortho intramolecular Hbond substituents is 2. The summed E-state index contributed by atoms with van der Waals surface area (Å²) in [6.07, 6.45) is -7.94. The van der Waals surface area contributed by atoms with Crippen LogP contribution in [0, 0.1) is 0 Å². The molecule has 7 N–H and O–H groups in total. The van der Waals surface area contributed by atoms with Crippen LogP contribution in [0.1, 0.15) is 0 Å². The Morgan fingerprint density at radius 1 is 0.971 bits per heavy atom. The molecule has 1 saturated heterocycles. The first-order valence-electron chi connectivity index (χ1n) is 10.0. The number of benzene rings is 2. The number of ether oxygens (including phenoxy) is 3. The van der Waals surface area contributed by atoms with Gasteiger partial charge in [-0.3, -0.25) is 4.79 Å². The van der Waals surface area contributed by atoms with E-state index in [1.807, 2.05) is 0 Å².